The second kappa shape index (κ2) is 12.6. The van der Waals surface area contributed by atoms with Gasteiger partial charge in [-0.15, -0.1) is 0 Å². The van der Waals surface area contributed by atoms with Gasteiger partial charge in [-0.25, -0.2) is 4.79 Å². The average Bonchev–Trinajstić information content (AvgIpc) is 2.85. The van der Waals surface area contributed by atoms with Crippen molar-refractivity contribution in [2.45, 2.75) is 45.6 Å². The normalized spacial score (nSPS) is 11.6. The van der Waals surface area contributed by atoms with E-state index in [2.05, 4.69) is 24.5 Å². The van der Waals surface area contributed by atoms with Gasteiger partial charge in [0.05, 0.1) is 6.04 Å². The van der Waals surface area contributed by atoms with Gasteiger partial charge in [0.15, 0.2) is 0 Å². The Morgan fingerprint density at radius 1 is 0.794 bits per heavy atom. The van der Waals surface area contributed by atoms with E-state index in [4.69, 9.17) is 0 Å². The molecule has 0 aromatic heterocycles. The third-order valence-electron chi connectivity index (χ3n) is 6.00. The van der Waals surface area contributed by atoms with E-state index in [-0.39, 0.29) is 24.4 Å². The number of nitrogens with one attached hydrogen (secondary N) is 2. The van der Waals surface area contributed by atoms with E-state index in [0.29, 0.717) is 19.0 Å². The van der Waals surface area contributed by atoms with Gasteiger partial charge < -0.3 is 15.5 Å². The fourth-order valence-corrected chi connectivity index (χ4v) is 3.83. The molecule has 0 spiro atoms. The molecule has 3 rings (SSSR count). The Balaban J connectivity index is 1.61. The molecule has 0 aliphatic heterocycles. The molecule has 2 N–H and O–H groups in total. The lowest BCUT2D eigenvalue weighted by Crippen LogP contribution is -2.40. The maximum absolute atomic E-state index is 13.2. The molecule has 0 saturated carbocycles. The molecule has 3 aromatic carbocycles. The van der Waals surface area contributed by atoms with E-state index < -0.39 is 0 Å². The van der Waals surface area contributed by atoms with E-state index >= 15 is 0 Å². The molecule has 3 aromatic rings. The second-order valence-electron chi connectivity index (χ2n) is 8.82. The molecule has 0 heterocycles. The van der Waals surface area contributed by atoms with E-state index in [1.54, 1.807) is 4.90 Å². The zero-order chi connectivity index (χ0) is 24.3. The van der Waals surface area contributed by atoms with Crippen LogP contribution in [0.1, 0.15) is 55.8 Å². The van der Waals surface area contributed by atoms with E-state index in [0.717, 1.165) is 17.7 Å². The summed E-state index contributed by atoms with van der Waals surface area (Å²) in [5.41, 5.74) is 4.17. The smallest absolute Gasteiger partial charge is 0.322 e. The Bertz CT molecular complexity index is 1030. The van der Waals surface area contributed by atoms with Crippen molar-refractivity contribution < 1.29 is 9.59 Å². The molecule has 0 fully saturated rings. The Kier molecular flexibility index (Phi) is 9.27. The molecule has 34 heavy (non-hydrogen) atoms. The van der Waals surface area contributed by atoms with Crippen LogP contribution in [-0.2, 0) is 11.2 Å². The predicted octanol–water partition coefficient (Wildman–Crippen LogP) is 6.15. The van der Waals surface area contributed by atoms with Gasteiger partial charge in [0.1, 0.15) is 0 Å². The lowest BCUT2D eigenvalue weighted by Gasteiger charge is -2.30. The first-order chi connectivity index (χ1) is 16.4. The van der Waals surface area contributed by atoms with Gasteiger partial charge in [-0.05, 0) is 48.1 Å². The molecule has 1 atom stereocenters. The van der Waals surface area contributed by atoms with Gasteiger partial charge >= 0.3 is 6.03 Å². The Labute approximate surface area is 203 Å². The highest BCUT2D eigenvalue weighted by molar-refractivity contribution is 5.90. The highest BCUT2D eigenvalue weighted by Gasteiger charge is 2.22. The fourth-order valence-electron chi connectivity index (χ4n) is 3.83. The van der Waals surface area contributed by atoms with Crippen molar-refractivity contribution in [3.63, 3.8) is 0 Å². The van der Waals surface area contributed by atoms with Gasteiger partial charge in [0.2, 0.25) is 5.91 Å². The number of carbonyl (C=O) groups excluding carboxylic acids is 2. The van der Waals surface area contributed by atoms with E-state index in [1.807, 2.05) is 91.9 Å². The number of hydrogen-bond acceptors (Lipinski definition) is 2. The first-order valence-corrected chi connectivity index (χ1v) is 12.0. The number of rotatable bonds is 10. The van der Waals surface area contributed by atoms with Gasteiger partial charge in [0, 0.05) is 25.2 Å². The van der Waals surface area contributed by atoms with Crippen molar-refractivity contribution in [2.75, 3.05) is 18.4 Å². The van der Waals surface area contributed by atoms with E-state index in [9.17, 15) is 9.59 Å². The first kappa shape index (κ1) is 25.0. The molecule has 0 aliphatic rings. The van der Waals surface area contributed by atoms with E-state index in [1.165, 1.54) is 11.1 Å². The minimum absolute atomic E-state index is 0.0599. The lowest BCUT2D eigenvalue weighted by atomic mass is 10.0. The third kappa shape index (κ3) is 7.48. The maximum Gasteiger partial charge on any atom is 0.322 e. The summed E-state index contributed by atoms with van der Waals surface area (Å²) in [6.45, 7) is 7.17. The summed E-state index contributed by atoms with van der Waals surface area (Å²) in [6, 6.07) is 27.5. The number of hydrogen-bond donors (Lipinski definition) is 2. The number of anilines is 1. The number of amides is 3. The quantitative estimate of drug-likeness (QED) is 0.383. The highest BCUT2D eigenvalue weighted by atomic mass is 16.2. The largest absolute Gasteiger partial charge is 0.356 e. The van der Waals surface area contributed by atoms with Crippen LogP contribution in [0.25, 0.3) is 0 Å². The van der Waals surface area contributed by atoms with Gasteiger partial charge in [0.25, 0.3) is 0 Å². The van der Waals surface area contributed by atoms with Crippen molar-refractivity contribution in [2.24, 2.45) is 0 Å². The number of nitrogens with zero attached hydrogens (tertiary/aromatic N) is 1. The number of benzene rings is 3. The molecule has 0 saturated heterocycles. The van der Waals surface area contributed by atoms with Crippen LogP contribution in [0.2, 0.25) is 0 Å². The molecule has 0 bridgehead atoms. The summed E-state index contributed by atoms with van der Waals surface area (Å²) in [4.78, 5) is 27.5. The average molecular weight is 458 g/mol. The molecule has 0 aliphatic carbocycles. The third-order valence-corrected chi connectivity index (χ3v) is 6.00. The molecule has 5 nitrogen and oxygen atoms in total. The highest BCUT2D eigenvalue weighted by Crippen LogP contribution is 2.22. The summed E-state index contributed by atoms with van der Waals surface area (Å²) >= 11 is 0. The summed E-state index contributed by atoms with van der Waals surface area (Å²) in [5.74, 6) is 0.370. The first-order valence-electron chi connectivity index (χ1n) is 12.0. The fraction of sp³-hybridized carbons (Fsp3) is 0.310. The number of carbonyl (C=O) groups is 2. The van der Waals surface area contributed by atoms with Crippen LogP contribution in [-0.4, -0.2) is 29.9 Å². The minimum Gasteiger partial charge on any atom is -0.356 e. The van der Waals surface area contributed by atoms with Crippen molar-refractivity contribution in [1.29, 1.82) is 0 Å². The summed E-state index contributed by atoms with van der Waals surface area (Å²) in [6.07, 6.45) is 1.02. The van der Waals surface area contributed by atoms with Crippen LogP contribution in [0, 0.1) is 0 Å². The van der Waals surface area contributed by atoms with Crippen molar-refractivity contribution >= 4 is 17.6 Å². The minimum atomic E-state index is -0.217. The number of urea groups is 1. The molecule has 0 radical (unpaired) electrons. The zero-order valence-corrected chi connectivity index (χ0v) is 20.3. The van der Waals surface area contributed by atoms with Crippen LogP contribution >= 0.6 is 0 Å². The molecular formula is C29H35N3O2. The Hall–Kier alpha value is -3.60. The SMILES string of the molecule is CC(C)c1ccc(NC(=O)N(CCC(=O)NCCc2ccccc2)C(C)c2ccccc2)cc1. The summed E-state index contributed by atoms with van der Waals surface area (Å²) < 4.78 is 0. The van der Waals surface area contributed by atoms with Gasteiger partial charge in [-0.1, -0.05) is 86.6 Å². The zero-order valence-electron chi connectivity index (χ0n) is 20.3. The van der Waals surface area contributed by atoms with Crippen LogP contribution in [0.4, 0.5) is 10.5 Å². The summed E-state index contributed by atoms with van der Waals surface area (Å²) in [7, 11) is 0. The topological polar surface area (TPSA) is 61.4 Å². The molecule has 178 valence electrons. The Morgan fingerprint density at radius 3 is 2.03 bits per heavy atom. The van der Waals surface area contributed by atoms with Crippen molar-refractivity contribution in [3.05, 3.63) is 102 Å². The molecule has 5 heteroatoms. The molecule has 1 unspecified atom stereocenters. The summed E-state index contributed by atoms with van der Waals surface area (Å²) in [5, 5.41) is 5.98. The lowest BCUT2D eigenvalue weighted by molar-refractivity contribution is -0.121. The molecule has 3 amide bonds. The van der Waals surface area contributed by atoms with Crippen molar-refractivity contribution in [1.82, 2.24) is 10.2 Å². The van der Waals surface area contributed by atoms with Crippen LogP contribution in [0.15, 0.2) is 84.9 Å². The van der Waals surface area contributed by atoms with Gasteiger partial charge in [-0.2, -0.15) is 0 Å². The van der Waals surface area contributed by atoms with Crippen LogP contribution in [0.3, 0.4) is 0 Å². The monoisotopic (exact) mass is 457 g/mol. The maximum atomic E-state index is 13.2. The van der Waals surface area contributed by atoms with Crippen LogP contribution in [0.5, 0.6) is 0 Å². The second-order valence-corrected chi connectivity index (χ2v) is 8.82. The van der Waals surface area contributed by atoms with Crippen molar-refractivity contribution in [3.8, 4) is 0 Å². The molecular weight excluding hydrogens is 422 g/mol. The Morgan fingerprint density at radius 2 is 1.41 bits per heavy atom. The predicted molar refractivity (Wildman–Crippen MR) is 139 cm³/mol. The van der Waals surface area contributed by atoms with Crippen LogP contribution < -0.4 is 10.6 Å². The standard InChI is InChI=1S/C29H35N3O2/c1-22(2)25-14-16-27(17-15-25)31-29(34)32(23(3)26-12-8-5-9-13-26)21-19-28(33)30-20-18-24-10-6-4-7-11-24/h4-17,22-23H,18-21H2,1-3H3,(H,30,33)(H,31,34). The van der Waals surface area contributed by atoms with Gasteiger partial charge in [-0.3, -0.25) is 4.79 Å².